The molecule has 1 rings (SSSR count). The Morgan fingerprint density at radius 2 is 1.94 bits per heavy atom. The van der Waals surface area contributed by atoms with E-state index in [1.54, 1.807) is 6.92 Å². The van der Waals surface area contributed by atoms with Crippen LogP contribution in [0.4, 0.5) is 0 Å². The largest absolute Gasteiger partial charge is 0.481 e. The highest BCUT2D eigenvalue weighted by Gasteiger charge is 2.16. The van der Waals surface area contributed by atoms with Crippen molar-refractivity contribution < 1.29 is 9.53 Å². The maximum atomic E-state index is 11.8. The van der Waals surface area contributed by atoms with Crippen LogP contribution in [0.5, 0.6) is 5.75 Å². The topological polar surface area (TPSA) is 38.3 Å². The van der Waals surface area contributed by atoms with Crippen LogP contribution in [0.15, 0.2) is 18.2 Å². The number of aryl methyl sites for hydroxylation is 2. The van der Waals surface area contributed by atoms with Gasteiger partial charge in [-0.1, -0.05) is 13.0 Å². The van der Waals surface area contributed by atoms with E-state index in [4.69, 9.17) is 4.74 Å². The van der Waals surface area contributed by atoms with Gasteiger partial charge in [-0.2, -0.15) is 0 Å². The molecule has 0 fully saturated rings. The van der Waals surface area contributed by atoms with Gasteiger partial charge in [0.1, 0.15) is 5.75 Å². The minimum absolute atomic E-state index is 0.0671. The number of ether oxygens (including phenoxy) is 1. The molecular weight excluding hydrogens is 226 g/mol. The predicted octanol–water partition coefficient (Wildman–Crippen LogP) is 2.99. The average molecular weight is 249 g/mol. The van der Waals surface area contributed by atoms with E-state index in [-0.39, 0.29) is 11.9 Å². The first-order valence-corrected chi connectivity index (χ1v) is 6.48. The standard InChI is InChI=1S/C15H23NO2/c1-6-12(4)16-15(17)13(5)18-14-8-7-10(2)11(3)9-14/h7-9,12-13H,6H2,1-5H3,(H,16,17)/t12-,13-/m1/s1. The molecule has 0 aliphatic rings. The normalized spacial score (nSPS) is 13.8. The molecular formula is C15H23NO2. The zero-order valence-corrected chi connectivity index (χ0v) is 11.9. The summed E-state index contributed by atoms with van der Waals surface area (Å²) in [5, 5.41) is 2.91. The first kappa shape index (κ1) is 14.6. The fourth-order valence-corrected chi connectivity index (χ4v) is 1.51. The van der Waals surface area contributed by atoms with Gasteiger partial charge in [0.05, 0.1) is 0 Å². The maximum absolute atomic E-state index is 11.8. The molecule has 1 aromatic rings. The van der Waals surface area contributed by atoms with Crippen LogP contribution in [0.2, 0.25) is 0 Å². The summed E-state index contributed by atoms with van der Waals surface area (Å²) >= 11 is 0. The molecule has 0 heterocycles. The van der Waals surface area contributed by atoms with E-state index >= 15 is 0 Å². The zero-order chi connectivity index (χ0) is 13.7. The van der Waals surface area contributed by atoms with E-state index in [0.717, 1.165) is 12.2 Å². The summed E-state index contributed by atoms with van der Waals surface area (Å²) in [5.74, 6) is 0.674. The van der Waals surface area contributed by atoms with Crippen molar-refractivity contribution in [1.29, 1.82) is 0 Å². The Balaban J connectivity index is 2.60. The monoisotopic (exact) mass is 249 g/mol. The van der Waals surface area contributed by atoms with Crippen LogP contribution >= 0.6 is 0 Å². The van der Waals surface area contributed by atoms with Gasteiger partial charge in [-0.15, -0.1) is 0 Å². The second-order valence-corrected chi connectivity index (χ2v) is 4.82. The lowest BCUT2D eigenvalue weighted by Gasteiger charge is -2.18. The van der Waals surface area contributed by atoms with Crippen molar-refractivity contribution in [3.8, 4) is 5.75 Å². The molecule has 0 radical (unpaired) electrons. The number of amides is 1. The van der Waals surface area contributed by atoms with Gasteiger partial charge in [0, 0.05) is 6.04 Å². The number of carbonyl (C=O) groups is 1. The van der Waals surface area contributed by atoms with Crippen LogP contribution in [0.25, 0.3) is 0 Å². The van der Waals surface area contributed by atoms with Crippen molar-refractivity contribution in [2.45, 2.75) is 53.2 Å². The van der Waals surface area contributed by atoms with E-state index in [9.17, 15) is 4.79 Å². The van der Waals surface area contributed by atoms with Crippen LogP contribution in [0.3, 0.4) is 0 Å². The van der Waals surface area contributed by atoms with Gasteiger partial charge in [0.25, 0.3) is 5.91 Å². The van der Waals surface area contributed by atoms with E-state index < -0.39 is 6.10 Å². The van der Waals surface area contributed by atoms with Gasteiger partial charge >= 0.3 is 0 Å². The van der Waals surface area contributed by atoms with E-state index in [1.165, 1.54) is 11.1 Å². The number of rotatable bonds is 5. The lowest BCUT2D eigenvalue weighted by molar-refractivity contribution is -0.127. The summed E-state index contributed by atoms with van der Waals surface area (Å²) in [6.07, 6.45) is 0.448. The molecule has 0 saturated carbocycles. The lowest BCUT2D eigenvalue weighted by atomic mass is 10.1. The smallest absolute Gasteiger partial charge is 0.260 e. The van der Waals surface area contributed by atoms with Crippen molar-refractivity contribution in [2.75, 3.05) is 0 Å². The molecule has 0 aromatic heterocycles. The third kappa shape index (κ3) is 4.06. The highest BCUT2D eigenvalue weighted by Crippen LogP contribution is 2.17. The van der Waals surface area contributed by atoms with Crippen molar-refractivity contribution in [3.63, 3.8) is 0 Å². The van der Waals surface area contributed by atoms with Gasteiger partial charge in [0.15, 0.2) is 6.10 Å². The highest BCUT2D eigenvalue weighted by atomic mass is 16.5. The number of hydrogen-bond acceptors (Lipinski definition) is 2. The molecule has 0 bridgehead atoms. The first-order chi connectivity index (χ1) is 8.43. The minimum atomic E-state index is -0.471. The molecule has 1 aromatic carbocycles. The van der Waals surface area contributed by atoms with Crippen molar-refractivity contribution in [3.05, 3.63) is 29.3 Å². The zero-order valence-electron chi connectivity index (χ0n) is 11.9. The number of carbonyl (C=O) groups excluding carboxylic acids is 1. The van der Waals surface area contributed by atoms with Crippen LogP contribution in [0.1, 0.15) is 38.3 Å². The van der Waals surface area contributed by atoms with Crippen LogP contribution < -0.4 is 10.1 Å². The van der Waals surface area contributed by atoms with Crippen molar-refractivity contribution >= 4 is 5.91 Å². The molecule has 3 nitrogen and oxygen atoms in total. The summed E-state index contributed by atoms with van der Waals surface area (Å²) < 4.78 is 5.65. The molecule has 0 aliphatic heterocycles. The third-order valence-corrected chi connectivity index (χ3v) is 3.16. The maximum Gasteiger partial charge on any atom is 0.260 e. The van der Waals surface area contributed by atoms with E-state index in [2.05, 4.69) is 12.2 Å². The Kier molecular flexibility index (Phi) is 5.20. The quantitative estimate of drug-likeness (QED) is 0.871. The Bertz CT molecular complexity index is 415. The van der Waals surface area contributed by atoms with Gasteiger partial charge in [-0.25, -0.2) is 0 Å². The second-order valence-electron chi connectivity index (χ2n) is 4.82. The molecule has 0 saturated heterocycles. The molecule has 0 spiro atoms. The van der Waals surface area contributed by atoms with Gasteiger partial charge in [-0.05, 0) is 57.4 Å². The molecule has 100 valence electrons. The summed E-state index contributed by atoms with van der Waals surface area (Å²) in [5.41, 5.74) is 2.39. The Hall–Kier alpha value is -1.51. The second kappa shape index (κ2) is 6.43. The van der Waals surface area contributed by atoms with Crippen LogP contribution in [-0.4, -0.2) is 18.1 Å². The molecule has 1 amide bonds. The Labute approximate surface area is 110 Å². The third-order valence-electron chi connectivity index (χ3n) is 3.16. The Morgan fingerprint density at radius 1 is 1.28 bits per heavy atom. The average Bonchev–Trinajstić information content (AvgIpc) is 2.33. The predicted molar refractivity (Wildman–Crippen MR) is 73.9 cm³/mol. The minimum Gasteiger partial charge on any atom is -0.481 e. The van der Waals surface area contributed by atoms with E-state index in [1.807, 2.05) is 39.0 Å². The van der Waals surface area contributed by atoms with Gasteiger partial charge in [0.2, 0.25) is 0 Å². The molecule has 0 aliphatic carbocycles. The van der Waals surface area contributed by atoms with Crippen molar-refractivity contribution in [2.24, 2.45) is 0 Å². The fraction of sp³-hybridized carbons (Fsp3) is 0.533. The van der Waals surface area contributed by atoms with Gasteiger partial charge < -0.3 is 10.1 Å². The number of benzene rings is 1. The van der Waals surface area contributed by atoms with Crippen molar-refractivity contribution in [1.82, 2.24) is 5.32 Å². The summed E-state index contributed by atoms with van der Waals surface area (Å²) in [4.78, 5) is 11.8. The molecule has 1 N–H and O–H groups in total. The van der Waals surface area contributed by atoms with Crippen LogP contribution in [0, 0.1) is 13.8 Å². The molecule has 0 unspecified atom stereocenters. The number of hydrogen-bond donors (Lipinski definition) is 1. The summed E-state index contributed by atoms with van der Waals surface area (Å²) in [6, 6.07) is 6.05. The molecule has 3 heteroatoms. The summed E-state index contributed by atoms with van der Waals surface area (Å²) in [6.45, 7) is 9.89. The fourth-order valence-electron chi connectivity index (χ4n) is 1.51. The molecule has 2 atom stereocenters. The SMILES string of the molecule is CC[C@@H](C)NC(=O)[C@@H](C)Oc1ccc(C)c(C)c1. The number of nitrogens with one attached hydrogen (secondary N) is 1. The lowest BCUT2D eigenvalue weighted by Crippen LogP contribution is -2.40. The van der Waals surface area contributed by atoms with E-state index in [0.29, 0.717) is 0 Å². The first-order valence-electron chi connectivity index (χ1n) is 6.48. The summed E-state index contributed by atoms with van der Waals surface area (Å²) in [7, 11) is 0. The Morgan fingerprint density at radius 3 is 2.50 bits per heavy atom. The van der Waals surface area contributed by atoms with Crippen LogP contribution in [-0.2, 0) is 4.79 Å². The highest BCUT2D eigenvalue weighted by molar-refractivity contribution is 5.80. The van der Waals surface area contributed by atoms with Gasteiger partial charge in [-0.3, -0.25) is 4.79 Å². The molecule has 18 heavy (non-hydrogen) atoms.